The van der Waals surface area contributed by atoms with Crippen LogP contribution in [0.4, 0.5) is 16.3 Å². The van der Waals surface area contributed by atoms with E-state index in [0.29, 0.717) is 13.2 Å². The number of anilines is 2. The molecule has 160 valence electrons. The molecule has 2 aromatic carbocycles. The normalized spacial score (nSPS) is 11.1. The van der Waals surface area contributed by atoms with Crippen molar-refractivity contribution in [1.29, 1.82) is 0 Å². The third-order valence-corrected chi connectivity index (χ3v) is 5.30. The molecular weight excluding hydrogens is 392 g/mol. The van der Waals surface area contributed by atoms with Gasteiger partial charge in [0.1, 0.15) is 0 Å². The van der Waals surface area contributed by atoms with E-state index >= 15 is 0 Å². The first-order valence-electron chi connectivity index (χ1n) is 10.1. The highest BCUT2D eigenvalue weighted by Gasteiger charge is 2.16. The molecule has 2 aromatic heterocycles. The van der Waals surface area contributed by atoms with Crippen LogP contribution in [0, 0.1) is 13.8 Å². The Kier molecular flexibility index (Phi) is 5.73. The number of benzene rings is 2. The van der Waals surface area contributed by atoms with Crippen molar-refractivity contribution in [2.45, 2.75) is 13.8 Å². The molecule has 31 heavy (non-hydrogen) atoms. The molecule has 2 amide bonds. The predicted octanol–water partition coefficient (Wildman–Crippen LogP) is 3.98. The monoisotopic (exact) mass is 418 g/mol. The lowest BCUT2D eigenvalue weighted by molar-refractivity contribution is 0.210. The highest BCUT2D eigenvalue weighted by atomic mass is 16.5. The maximum atomic E-state index is 11.6. The van der Waals surface area contributed by atoms with Gasteiger partial charge in [-0.15, -0.1) is 0 Å². The Morgan fingerprint density at radius 2 is 1.87 bits per heavy atom. The van der Waals surface area contributed by atoms with Gasteiger partial charge in [-0.25, -0.2) is 14.8 Å². The summed E-state index contributed by atoms with van der Waals surface area (Å²) < 4.78 is 7.30. The molecule has 3 N–H and O–H groups in total. The van der Waals surface area contributed by atoms with E-state index in [-0.39, 0.29) is 6.03 Å². The lowest BCUT2D eigenvalue weighted by atomic mass is 10.1. The summed E-state index contributed by atoms with van der Waals surface area (Å²) in [5.41, 5.74) is 7.69. The zero-order chi connectivity index (χ0) is 22.0. The number of nitrogens with zero attached hydrogens (tertiary/aromatic N) is 3. The predicted molar refractivity (Wildman–Crippen MR) is 124 cm³/mol. The van der Waals surface area contributed by atoms with Gasteiger partial charge in [0.25, 0.3) is 0 Å². The molecular formula is C23H26N6O2. The van der Waals surface area contributed by atoms with Gasteiger partial charge in [-0.05, 0) is 49.2 Å². The van der Waals surface area contributed by atoms with E-state index in [1.165, 1.54) is 11.1 Å². The van der Waals surface area contributed by atoms with Crippen LogP contribution >= 0.6 is 0 Å². The fraction of sp³-hybridized carbons (Fsp3) is 0.261. The van der Waals surface area contributed by atoms with Gasteiger partial charge in [0, 0.05) is 32.0 Å². The summed E-state index contributed by atoms with van der Waals surface area (Å²) in [4.78, 5) is 21.1. The number of fused-ring (bicyclic) bond motifs is 3. The topological polar surface area (TPSA) is 92.6 Å². The molecule has 4 aromatic rings. The smallest absolute Gasteiger partial charge is 0.318 e. The van der Waals surface area contributed by atoms with Crippen molar-refractivity contribution in [3.8, 4) is 11.3 Å². The second kappa shape index (κ2) is 8.61. The minimum absolute atomic E-state index is 0.253. The summed E-state index contributed by atoms with van der Waals surface area (Å²) in [6.07, 6.45) is 1.86. The summed E-state index contributed by atoms with van der Waals surface area (Å²) in [6, 6.07) is 11.7. The zero-order valence-corrected chi connectivity index (χ0v) is 18.1. The quantitative estimate of drug-likeness (QED) is 0.412. The van der Waals surface area contributed by atoms with Crippen LogP contribution in [0.2, 0.25) is 0 Å². The summed E-state index contributed by atoms with van der Waals surface area (Å²) in [7, 11) is 3.26. The molecule has 8 nitrogen and oxygen atoms in total. The molecule has 0 aliphatic rings. The lowest BCUT2D eigenvalue weighted by Crippen LogP contribution is -2.24. The summed E-state index contributed by atoms with van der Waals surface area (Å²) in [6.45, 7) is 5.40. The molecule has 0 spiro atoms. The lowest BCUT2D eigenvalue weighted by Gasteiger charge is -2.13. The molecule has 0 fully saturated rings. The maximum Gasteiger partial charge on any atom is 0.318 e. The molecule has 0 aliphatic heterocycles. The fourth-order valence-corrected chi connectivity index (χ4v) is 3.50. The Balaban J connectivity index is 1.86. The van der Waals surface area contributed by atoms with E-state index in [4.69, 9.17) is 9.72 Å². The van der Waals surface area contributed by atoms with Gasteiger partial charge < -0.3 is 20.7 Å². The molecule has 8 heteroatoms. The number of urea groups is 1. The zero-order valence-electron chi connectivity index (χ0n) is 18.1. The van der Waals surface area contributed by atoms with Gasteiger partial charge in [0.05, 0.1) is 29.5 Å². The highest BCUT2D eigenvalue weighted by Crippen LogP contribution is 2.30. The molecule has 0 radical (unpaired) electrons. The van der Waals surface area contributed by atoms with Crippen molar-refractivity contribution in [3.63, 3.8) is 0 Å². The minimum Gasteiger partial charge on any atom is -0.383 e. The van der Waals surface area contributed by atoms with Crippen LogP contribution in [0.25, 0.3) is 27.9 Å². The fourth-order valence-electron chi connectivity index (χ4n) is 3.50. The van der Waals surface area contributed by atoms with Crippen LogP contribution in [-0.2, 0) is 4.74 Å². The van der Waals surface area contributed by atoms with Crippen LogP contribution in [0.15, 0.2) is 42.6 Å². The molecule has 0 aliphatic carbocycles. The Morgan fingerprint density at radius 3 is 2.58 bits per heavy atom. The van der Waals surface area contributed by atoms with Crippen molar-refractivity contribution in [3.05, 3.63) is 53.7 Å². The first-order valence-corrected chi connectivity index (χ1v) is 10.1. The van der Waals surface area contributed by atoms with Gasteiger partial charge in [-0.2, -0.15) is 0 Å². The number of amides is 2. The van der Waals surface area contributed by atoms with Gasteiger partial charge in [0.2, 0.25) is 0 Å². The maximum absolute atomic E-state index is 11.6. The van der Waals surface area contributed by atoms with Crippen LogP contribution < -0.4 is 16.0 Å². The minimum atomic E-state index is -0.253. The molecule has 2 heterocycles. The average Bonchev–Trinajstić information content (AvgIpc) is 3.21. The van der Waals surface area contributed by atoms with Crippen LogP contribution in [0.3, 0.4) is 0 Å². The first-order chi connectivity index (χ1) is 15.0. The second-order valence-electron chi connectivity index (χ2n) is 7.39. The van der Waals surface area contributed by atoms with Crippen molar-refractivity contribution in [1.82, 2.24) is 19.7 Å². The van der Waals surface area contributed by atoms with Gasteiger partial charge in [-0.1, -0.05) is 12.1 Å². The van der Waals surface area contributed by atoms with Gasteiger partial charge in [0.15, 0.2) is 11.5 Å². The Bertz CT molecular complexity index is 1250. The van der Waals surface area contributed by atoms with E-state index < -0.39 is 0 Å². The highest BCUT2D eigenvalue weighted by molar-refractivity contribution is 5.90. The molecule has 0 unspecified atom stereocenters. The number of aromatic nitrogens is 3. The van der Waals surface area contributed by atoms with Gasteiger partial charge in [-0.3, -0.25) is 4.40 Å². The van der Waals surface area contributed by atoms with E-state index in [1.54, 1.807) is 14.2 Å². The molecule has 0 saturated heterocycles. The number of methoxy groups -OCH3 is 1. The molecule has 0 bridgehead atoms. The van der Waals surface area contributed by atoms with E-state index in [0.717, 1.165) is 39.4 Å². The number of aryl methyl sites for hydroxylation is 2. The molecule has 0 atom stereocenters. The van der Waals surface area contributed by atoms with E-state index in [9.17, 15) is 4.79 Å². The number of carbonyl (C=O) groups excluding carboxylic acids is 1. The molecule has 0 saturated carbocycles. The number of hydrogen-bond donors (Lipinski definition) is 3. The summed E-state index contributed by atoms with van der Waals surface area (Å²) in [5, 5.41) is 8.67. The summed E-state index contributed by atoms with van der Waals surface area (Å²) >= 11 is 0. The number of rotatable bonds is 6. The third-order valence-electron chi connectivity index (χ3n) is 5.30. The number of hydrogen-bond acceptors (Lipinski definition) is 5. The Labute approximate surface area is 180 Å². The second-order valence-corrected chi connectivity index (χ2v) is 7.39. The van der Waals surface area contributed by atoms with Crippen molar-refractivity contribution in [2.75, 3.05) is 37.9 Å². The number of imidazole rings is 1. The standard InChI is InChI=1S/C23H26N6O2/c1-14-11-18-19(12-15(14)2)29-20(13-26-22(29)21(28-18)25-9-10-31-4)16-5-7-17(8-6-16)27-23(30)24-3/h5-8,11-13H,9-10H2,1-4H3,(H,25,28)(H2,24,27,30). The van der Waals surface area contributed by atoms with Crippen LogP contribution in [0.1, 0.15) is 11.1 Å². The summed E-state index contributed by atoms with van der Waals surface area (Å²) in [5.74, 6) is 0.719. The SMILES string of the molecule is CNC(=O)Nc1ccc(-c2cnc3c(NCCOC)nc4cc(C)c(C)cc4n23)cc1. The van der Waals surface area contributed by atoms with Crippen LogP contribution in [-0.4, -0.2) is 47.7 Å². The Hall–Kier alpha value is -3.65. The van der Waals surface area contributed by atoms with Crippen molar-refractivity contribution < 1.29 is 9.53 Å². The number of nitrogens with one attached hydrogen (secondary N) is 3. The van der Waals surface area contributed by atoms with Crippen molar-refractivity contribution >= 4 is 34.2 Å². The number of carbonyl (C=O) groups is 1. The molecule has 4 rings (SSSR count). The van der Waals surface area contributed by atoms with E-state index in [2.05, 4.69) is 51.3 Å². The van der Waals surface area contributed by atoms with Crippen molar-refractivity contribution in [2.24, 2.45) is 0 Å². The average molecular weight is 419 g/mol. The van der Waals surface area contributed by atoms with Gasteiger partial charge >= 0.3 is 6.03 Å². The Morgan fingerprint density at radius 1 is 1.13 bits per heavy atom. The first kappa shape index (κ1) is 20.6. The number of ether oxygens (including phenoxy) is 1. The largest absolute Gasteiger partial charge is 0.383 e. The van der Waals surface area contributed by atoms with E-state index in [1.807, 2.05) is 30.5 Å². The third kappa shape index (κ3) is 4.02. The van der Waals surface area contributed by atoms with Crippen LogP contribution in [0.5, 0.6) is 0 Å².